The fourth-order valence-corrected chi connectivity index (χ4v) is 2.72. The molecule has 2 rings (SSSR count). The fourth-order valence-electron chi connectivity index (χ4n) is 2.04. The van der Waals surface area contributed by atoms with Crippen LogP contribution >= 0.6 is 27.5 Å². The summed E-state index contributed by atoms with van der Waals surface area (Å²) in [6.07, 6.45) is 0. The summed E-state index contributed by atoms with van der Waals surface area (Å²) in [6, 6.07) is 6.18. The van der Waals surface area contributed by atoms with Gasteiger partial charge in [-0.25, -0.2) is 0 Å². The van der Waals surface area contributed by atoms with Crippen molar-refractivity contribution in [3.63, 3.8) is 0 Å². The first-order chi connectivity index (χ1) is 9.02. The average Bonchev–Trinajstić information content (AvgIpc) is 2.65. The summed E-state index contributed by atoms with van der Waals surface area (Å²) in [5.41, 5.74) is 4.22. The molecule has 2 aromatic rings. The van der Waals surface area contributed by atoms with Crippen LogP contribution in [-0.4, -0.2) is 9.78 Å². The van der Waals surface area contributed by atoms with Crippen molar-refractivity contribution in [2.45, 2.75) is 33.9 Å². The molecule has 19 heavy (non-hydrogen) atoms. The number of halogens is 2. The lowest BCUT2D eigenvalue weighted by Crippen LogP contribution is -2.09. The largest absolute Gasteiger partial charge is 0.379 e. The maximum Gasteiger partial charge on any atom is 0.0865 e. The molecule has 0 saturated heterocycles. The molecule has 1 heterocycles. The Labute approximate surface area is 127 Å². The molecule has 0 bridgehead atoms. The van der Waals surface area contributed by atoms with Crippen LogP contribution in [0.4, 0.5) is 5.69 Å². The topological polar surface area (TPSA) is 29.9 Å². The lowest BCUT2D eigenvalue weighted by molar-refractivity contribution is 0.623. The van der Waals surface area contributed by atoms with E-state index in [-0.39, 0.29) is 0 Å². The van der Waals surface area contributed by atoms with Crippen LogP contribution in [0.5, 0.6) is 0 Å². The van der Waals surface area contributed by atoms with Crippen LogP contribution in [0.15, 0.2) is 22.7 Å². The zero-order chi connectivity index (χ0) is 14.0. The molecule has 0 aliphatic carbocycles. The predicted molar refractivity (Wildman–Crippen MR) is 83.9 cm³/mol. The van der Waals surface area contributed by atoms with E-state index in [1.807, 2.05) is 17.7 Å². The van der Waals surface area contributed by atoms with Gasteiger partial charge in [0.1, 0.15) is 0 Å². The number of aromatic nitrogens is 2. The Morgan fingerprint density at radius 1 is 1.37 bits per heavy atom. The first kappa shape index (κ1) is 14.4. The Bertz CT molecular complexity index is 593. The molecule has 0 fully saturated rings. The van der Waals surface area contributed by atoms with Crippen LogP contribution in [0.1, 0.15) is 23.9 Å². The van der Waals surface area contributed by atoms with Gasteiger partial charge in [-0.3, -0.25) is 4.68 Å². The molecule has 1 N–H and O–H groups in total. The third kappa shape index (κ3) is 3.12. The molecule has 0 spiro atoms. The minimum atomic E-state index is 0.677. The molecular formula is C14H17BrClN3. The molecule has 102 valence electrons. The molecule has 5 heteroatoms. The van der Waals surface area contributed by atoms with E-state index in [2.05, 4.69) is 52.3 Å². The molecule has 0 radical (unpaired) electrons. The van der Waals surface area contributed by atoms with Gasteiger partial charge >= 0.3 is 0 Å². The van der Waals surface area contributed by atoms with E-state index in [0.29, 0.717) is 6.54 Å². The molecule has 0 amide bonds. The summed E-state index contributed by atoms with van der Waals surface area (Å²) in [4.78, 5) is 0. The molecule has 0 atom stereocenters. The van der Waals surface area contributed by atoms with Gasteiger partial charge in [0.2, 0.25) is 0 Å². The monoisotopic (exact) mass is 341 g/mol. The van der Waals surface area contributed by atoms with Crippen LogP contribution in [0, 0.1) is 13.8 Å². The number of hydrogen-bond donors (Lipinski definition) is 1. The van der Waals surface area contributed by atoms with Crippen LogP contribution < -0.4 is 5.32 Å². The van der Waals surface area contributed by atoms with Gasteiger partial charge in [0.15, 0.2) is 0 Å². The van der Waals surface area contributed by atoms with Crippen molar-refractivity contribution < 1.29 is 0 Å². The highest BCUT2D eigenvalue weighted by Gasteiger charge is 2.12. The van der Waals surface area contributed by atoms with Crippen LogP contribution in [0.2, 0.25) is 5.02 Å². The maximum absolute atomic E-state index is 6.29. The maximum atomic E-state index is 6.29. The van der Waals surface area contributed by atoms with Crippen molar-refractivity contribution >= 4 is 33.2 Å². The Kier molecular flexibility index (Phi) is 4.53. The second-order valence-electron chi connectivity index (χ2n) is 4.47. The van der Waals surface area contributed by atoms with E-state index in [4.69, 9.17) is 11.6 Å². The highest BCUT2D eigenvalue weighted by Crippen LogP contribution is 2.24. The van der Waals surface area contributed by atoms with Gasteiger partial charge < -0.3 is 5.32 Å². The minimum absolute atomic E-state index is 0.677. The van der Waals surface area contributed by atoms with E-state index in [0.717, 1.165) is 33.1 Å². The molecular weight excluding hydrogens is 326 g/mol. The van der Waals surface area contributed by atoms with Gasteiger partial charge in [-0.05, 0) is 44.5 Å². The number of nitrogens with one attached hydrogen (secondary N) is 1. The summed E-state index contributed by atoms with van der Waals surface area (Å²) < 4.78 is 3.03. The van der Waals surface area contributed by atoms with Crippen LogP contribution in [0.25, 0.3) is 0 Å². The average molecular weight is 343 g/mol. The number of nitrogens with zero attached hydrogens (tertiary/aromatic N) is 2. The number of anilines is 1. The van der Waals surface area contributed by atoms with Gasteiger partial charge in [0.05, 0.1) is 23.0 Å². The number of hydrogen-bond acceptors (Lipinski definition) is 2. The predicted octanol–water partition coefficient (Wildman–Crippen LogP) is 4.55. The molecule has 3 nitrogen and oxygen atoms in total. The Morgan fingerprint density at radius 3 is 2.74 bits per heavy atom. The lowest BCUT2D eigenvalue weighted by Gasteiger charge is -2.11. The van der Waals surface area contributed by atoms with Crippen molar-refractivity contribution in [1.29, 1.82) is 0 Å². The Morgan fingerprint density at radius 2 is 2.11 bits per heavy atom. The van der Waals surface area contributed by atoms with E-state index in [1.54, 1.807) is 0 Å². The Hall–Kier alpha value is -1.000. The van der Waals surface area contributed by atoms with Crippen molar-refractivity contribution in [2.75, 3.05) is 5.32 Å². The van der Waals surface area contributed by atoms with Crippen molar-refractivity contribution in [2.24, 2.45) is 0 Å². The fraction of sp³-hybridized carbons (Fsp3) is 0.357. The number of rotatable bonds is 4. The summed E-state index contributed by atoms with van der Waals surface area (Å²) in [6.45, 7) is 7.58. The molecule has 0 saturated carbocycles. The Balaban J connectivity index is 2.18. The van der Waals surface area contributed by atoms with E-state index < -0.39 is 0 Å². The van der Waals surface area contributed by atoms with Crippen molar-refractivity contribution in [3.05, 3.63) is 44.6 Å². The standard InChI is InChI=1S/C14H17BrClN3/c1-4-19-13(14(16)10(3)18-19)8-17-12-6-5-11(15)7-9(12)2/h5-7,17H,4,8H2,1-3H3. The van der Waals surface area contributed by atoms with E-state index >= 15 is 0 Å². The summed E-state index contributed by atoms with van der Waals surface area (Å²) >= 11 is 9.76. The second kappa shape index (κ2) is 5.97. The second-order valence-corrected chi connectivity index (χ2v) is 5.77. The molecule has 0 aliphatic rings. The van der Waals surface area contributed by atoms with Crippen molar-refractivity contribution in [3.8, 4) is 0 Å². The van der Waals surface area contributed by atoms with E-state index in [9.17, 15) is 0 Å². The third-order valence-corrected chi connectivity index (χ3v) is 4.07. The summed E-state index contributed by atoms with van der Waals surface area (Å²) in [7, 11) is 0. The zero-order valence-electron chi connectivity index (χ0n) is 11.3. The van der Waals surface area contributed by atoms with Crippen molar-refractivity contribution in [1.82, 2.24) is 9.78 Å². The first-order valence-corrected chi connectivity index (χ1v) is 7.41. The summed E-state index contributed by atoms with van der Waals surface area (Å²) in [5.74, 6) is 0. The van der Waals surface area contributed by atoms with Crippen LogP contribution in [0.3, 0.4) is 0 Å². The smallest absolute Gasteiger partial charge is 0.0865 e. The normalized spacial score (nSPS) is 10.8. The van der Waals surface area contributed by atoms with Crippen LogP contribution in [-0.2, 0) is 13.1 Å². The highest BCUT2D eigenvalue weighted by molar-refractivity contribution is 9.10. The summed E-state index contributed by atoms with van der Waals surface area (Å²) in [5, 5.41) is 8.59. The minimum Gasteiger partial charge on any atom is -0.379 e. The molecule has 0 unspecified atom stereocenters. The molecule has 1 aromatic heterocycles. The van der Waals surface area contributed by atoms with Gasteiger partial charge in [-0.1, -0.05) is 27.5 Å². The number of benzene rings is 1. The molecule has 1 aromatic carbocycles. The SMILES string of the molecule is CCn1nc(C)c(Cl)c1CNc1ccc(Br)cc1C. The van der Waals surface area contributed by atoms with Gasteiger partial charge in [0, 0.05) is 16.7 Å². The first-order valence-electron chi connectivity index (χ1n) is 6.24. The number of aryl methyl sites for hydroxylation is 3. The highest BCUT2D eigenvalue weighted by atomic mass is 79.9. The van der Waals surface area contributed by atoms with Gasteiger partial charge in [0.25, 0.3) is 0 Å². The van der Waals surface area contributed by atoms with Gasteiger partial charge in [-0.15, -0.1) is 0 Å². The zero-order valence-corrected chi connectivity index (χ0v) is 13.6. The lowest BCUT2D eigenvalue weighted by atomic mass is 10.2. The van der Waals surface area contributed by atoms with Gasteiger partial charge in [-0.2, -0.15) is 5.10 Å². The quantitative estimate of drug-likeness (QED) is 0.883. The third-order valence-electron chi connectivity index (χ3n) is 3.09. The van der Waals surface area contributed by atoms with E-state index in [1.165, 1.54) is 5.56 Å². The molecule has 0 aliphatic heterocycles.